The number of imidazole rings is 1. The molecule has 0 aliphatic carbocycles. The number of hydrogen-bond acceptors (Lipinski definition) is 4. The van der Waals surface area contributed by atoms with E-state index in [2.05, 4.69) is 10.3 Å². The first-order valence-electron chi connectivity index (χ1n) is 6.95. The van der Waals surface area contributed by atoms with Crippen LogP contribution in [0.4, 0.5) is 4.79 Å². The lowest BCUT2D eigenvalue weighted by Gasteiger charge is -2.11. The predicted octanol–water partition coefficient (Wildman–Crippen LogP) is 1.73. The smallest absolute Gasteiger partial charge is 0.324 e. The third-order valence-corrected chi connectivity index (χ3v) is 4.53. The normalized spacial score (nSPS) is 14.2. The molecular weight excluding hydrogens is 300 g/mol. The number of carbonyl (C=O) groups is 2. The number of nitrogens with zero attached hydrogens (tertiary/aromatic N) is 3. The molecule has 1 aromatic carbocycles. The van der Waals surface area contributed by atoms with Gasteiger partial charge < -0.3 is 9.88 Å². The fraction of sp³-hybridized carbons (Fsp3) is 0.267. The predicted molar refractivity (Wildman–Crippen MR) is 84.5 cm³/mol. The first-order valence-corrected chi connectivity index (χ1v) is 7.93. The highest BCUT2D eigenvalue weighted by Crippen LogP contribution is 2.24. The molecule has 1 aromatic heterocycles. The van der Waals surface area contributed by atoms with Gasteiger partial charge in [0, 0.05) is 20.1 Å². The maximum absolute atomic E-state index is 12.0. The fourth-order valence-electron chi connectivity index (χ4n) is 2.32. The third kappa shape index (κ3) is 2.85. The van der Waals surface area contributed by atoms with E-state index in [1.807, 2.05) is 41.9 Å². The highest BCUT2D eigenvalue weighted by atomic mass is 32.2. The number of imide groups is 1. The molecule has 2 aromatic rings. The SMILES string of the molecule is Cn1c(-c2ccccc2)cnc1SCC(=O)N1CCNC1=O. The van der Waals surface area contributed by atoms with E-state index in [1.165, 1.54) is 16.7 Å². The molecule has 1 fully saturated rings. The highest BCUT2D eigenvalue weighted by Gasteiger charge is 2.26. The standard InChI is InChI=1S/C15H16N4O2S/c1-18-12(11-5-3-2-4-6-11)9-17-15(18)22-10-13(20)19-8-7-16-14(19)21/h2-6,9H,7-8,10H2,1H3,(H,16,21). The van der Waals surface area contributed by atoms with E-state index in [0.29, 0.717) is 13.1 Å². The molecule has 1 aliphatic rings. The summed E-state index contributed by atoms with van der Waals surface area (Å²) in [6.45, 7) is 0.962. The van der Waals surface area contributed by atoms with E-state index in [9.17, 15) is 9.59 Å². The molecule has 7 heteroatoms. The summed E-state index contributed by atoms with van der Waals surface area (Å²) in [5.41, 5.74) is 2.07. The Labute approximate surface area is 132 Å². The molecule has 2 heterocycles. The number of amides is 3. The van der Waals surface area contributed by atoms with Gasteiger partial charge in [-0.3, -0.25) is 9.69 Å². The van der Waals surface area contributed by atoms with Crippen molar-refractivity contribution in [3.63, 3.8) is 0 Å². The van der Waals surface area contributed by atoms with Crippen LogP contribution < -0.4 is 5.32 Å². The molecular formula is C15H16N4O2S. The Morgan fingerprint density at radius 1 is 1.36 bits per heavy atom. The van der Waals surface area contributed by atoms with Gasteiger partial charge in [-0.1, -0.05) is 42.1 Å². The second-order valence-corrected chi connectivity index (χ2v) is 5.86. The number of aromatic nitrogens is 2. The van der Waals surface area contributed by atoms with Crippen molar-refractivity contribution in [3.05, 3.63) is 36.5 Å². The van der Waals surface area contributed by atoms with Crippen molar-refractivity contribution in [2.45, 2.75) is 5.16 Å². The van der Waals surface area contributed by atoms with Crippen LogP contribution in [0.3, 0.4) is 0 Å². The molecule has 114 valence electrons. The Bertz CT molecular complexity index is 699. The van der Waals surface area contributed by atoms with Crippen molar-refractivity contribution < 1.29 is 9.59 Å². The number of hydrogen-bond donors (Lipinski definition) is 1. The van der Waals surface area contributed by atoms with Crippen LogP contribution in [0, 0.1) is 0 Å². The summed E-state index contributed by atoms with van der Waals surface area (Å²) in [4.78, 5) is 29.1. The molecule has 0 spiro atoms. The van der Waals surface area contributed by atoms with Crippen molar-refractivity contribution in [2.24, 2.45) is 7.05 Å². The Hall–Kier alpha value is -2.28. The van der Waals surface area contributed by atoms with Gasteiger partial charge in [0.15, 0.2) is 5.16 Å². The van der Waals surface area contributed by atoms with Crippen LogP contribution in [0.15, 0.2) is 41.7 Å². The summed E-state index contributed by atoms with van der Waals surface area (Å²) in [6.07, 6.45) is 1.80. The lowest BCUT2D eigenvalue weighted by molar-refractivity contribution is -0.124. The van der Waals surface area contributed by atoms with Crippen LogP contribution in [0.25, 0.3) is 11.3 Å². The molecule has 0 unspecified atom stereocenters. The molecule has 0 saturated carbocycles. The zero-order valence-electron chi connectivity index (χ0n) is 12.2. The zero-order chi connectivity index (χ0) is 15.5. The summed E-state index contributed by atoms with van der Waals surface area (Å²) < 4.78 is 1.96. The van der Waals surface area contributed by atoms with E-state index in [-0.39, 0.29) is 17.7 Å². The van der Waals surface area contributed by atoms with Gasteiger partial charge in [-0.15, -0.1) is 0 Å². The summed E-state index contributed by atoms with van der Waals surface area (Å²) in [5.74, 6) is 0.0104. The average Bonchev–Trinajstić information content (AvgIpc) is 3.12. The number of urea groups is 1. The van der Waals surface area contributed by atoms with Crippen molar-refractivity contribution in [1.29, 1.82) is 0 Å². The van der Waals surface area contributed by atoms with E-state index < -0.39 is 0 Å². The average molecular weight is 316 g/mol. The zero-order valence-corrected chi connectivity index (χ0v) is 13.0. The lowest BCUT2D eigenvalue weighted by Crippen LogP contribution is -2.35. The molecule has 1 aliphatic heterocycles. The fourth-order valence-corrected chi connectivity index (χ4v) is 3.15. The second-order valence-electron chi connectivity index (χ2n) is 4.92. The summed E-state index contributed by atoms with van der Waals surface area (Å²) in [6, 6.07) is 9.65. The van der Waals surface area contributed by atoms with Crippen molar-refractivity contribution in [1.82, 2.24) is 19.8 Å². The highest BCUT2D eigenvalue weighted by molar-refractivity contribution is 7.99. The number of thioether (sulfide) groups is 1. The topological polar surface area (TPSA) is 67.2 Å². The number of rotatable bonds is 4. The van der Waals surface area contributed by atoms with Gasteiger partial charge in [-0.2, -0.15) is 0 Å². The lowest BCUT2D eigenvalue weighted by atomic mass is 10.2. The molecule has 22 heavy (non-hydrogen) atoms. The number of benzene rings is 1. The maximum atomic E-state index is 12.0. The number of nitrogens with one attached hydrogen (secondary N) is 1. The van der Waals surface area contributed by atoms with E-state index >= 15 is 0 Å². The minimum absolute atomic E-state index is 0.190. The molecule has 6 nitrogen and oxygen atoms in total. The largest absolute Gasteiger partial charge is 0.336 e. The van der Waals surface area contributed by atoms with Crippen LogP contribution in [-0.2, 0) is 11.8 Å². The van der Waals surface area contributed by atoms with Gasteiger partial charge in [0.1, 0.15) is 0 Å². The third-order valence-electron chi connectivity index (χ3n) is 3.50. The first kappa shape index (κ1) is 14.6. The molecule has 3 rings (SSSR count). The summed E-state index contributed by atoms with van der Waals surface area (Å²) in [7, 11) is 1.92. The van der Waals surface area contributed by atoms with Crippen molar-refractivity contribution in [3.8, 4) is 11.3 Å². The molecule has 0 radical (unpaired) electrons. The molecule has 3 amide bonds. The molecule has 0 atom stereocenters. The van der Waals surface area contributed by atoms with Crippen LogP contribution in [0.1, 0.15) is 0 Å². The van der Waals surface area contributed by atoms with Gasteiger partial charge in [-0.25, -0.2) is 9.78 Å². The van der Waals surface area contributed by atoms with Gasteiger partial charge >= 0.3 is 6.03 Å². The Morgan fingerprint density at radius 3 is 2.82 bits per heavy atom. The summed E-state index contributed by atoms with van der Waals surface area (Å²) in [5, 5.41) is 3.38. The van der Waals surface area contributed by atoms with E-state index in [0.717, 1.165) is 16.4 Å². The van der Waals surface area contributed by atoms with Crippen LogP contribution in [-0.4, -0.2) is 45.2 Å². The van der Waals surface area contributed by atoms with E-state index in [4.69, 9.17) is 0 Å². The number of carbonyl (C=O) groups excluding carboxylic acids is 2. The second kappa shape index (κ2) is 6.23. The summed E-state index contributed by atoms with van der Waals surface area (Å²) >= 11 is 1.34. The molecule has 1 saturated heterocycles. The van der Waals surface area contributed by atoms with Gasteiger partial charge in [0.05, 0.1) is 17.6 Å². The van der Waals surface area contributed by atoms with Crippen LogP contribution >= 0.6 is 11.8 Å². The van der Waals surface area contributed by atoms with Crippen molar-refractivity contribution in [2.75, 3.05) is 18.8 Å². The molecule has 0 bridgehead atoms. The van der Waals surface area contributed by atoms with Gasteiger partial charge in [0.25, 0.3) is 0 Å². The maximum Gasteiger partial charge on any atom is 0.324 e. The Kier molecular flexibility index (Phi) is 4.15. The van der Waals surface area contributed by atoms with Crippen LogP contribution in [0.5, 0.6) is 0 Å². The van der Waals surface area contributed by atoms with E-state index in [1.54, 1.807) is 6.20 Å². The minimum atomic E-state index is -0.310. The minimum Gasteiger partial charge on any atom is -0.336 e. The molecule has 1 N–H and O–H groups in total. The first-order chi connectivity index (χ1) is 10.7. The van der Waals surface area contributed by atoms with Crippen molar-refractivity contribution >= 4 is 23.7 Å². The monoisotopic (exact) mass is 316 g/mol. The quantitative estimate of drug-likeness (QED) is 0.872. The Balaban J connectivity index is 1.68. The van der Waals surface area contributed by atoms with Crippen LogP contribution in [0.2, 0.25) is 0 Å². The van der Waals surface area contributed by atoms with Gasteiger partial charge in [-0.05, 0) is 5.56 Å². The van der Waals surface area contributed by atoms with Gasteiger partial charge in [0.2, 0.25) is 5.91 Å². The Morgan fingerprint density at radius 2 is 2.14 bits per heavy atom.